The van der Waals surface area contributed by atoms with Crippen molar-refractivity contribution in [3.8, 4) is 0 Å². The number of hydrogen-bond acceptors (Lipinski definition) is 3. The average molecular weight is 273 g/mol. The summed E-state index contributed by atoms with van der Waals surface area (Å²) in [6.07, 6.45) is -0.491. The molecular weight excluding hydrogens is 254 g/mol. The lowest BCUT2D eigenvalue weighted by atomic mass is 10.1. The molecule has 0 spiro atoms. The summed E-state index contributed by atoms with van der Waals surface area (Å²) in [6, 6.07) is 13.8. The predicted molar refractivity (Wildman–Crippen MR) is 82.5 cm³/mol. The van der Waals surface area contributed by atoms with Crippen molar-refractivity contribution < 1.29 is 5.11 Å². The third-order valence-corrected chi connectivity index (χ3v) is 4.27. The van der Waals surface area contributed by atoms with Gasteiger partial charge in [-0.15, -0.1) is 11.8 Å². The molecule has 0 radical (unpaired) electrons. The van der Waals surface area contributed by atoms with Crippen molar-refractivity contribution in [3.63, 3.8) is 0 Å². The van der Waals surface area contributed by atoms with Crippen LogP contribution in [0.3, 0.4) is 0 Å². The lowest BCUT2D eigenvalue weighted by molar-refractivity contribution is 0.204. The fourth-order valence-electron chi connectivity index (χ4n) is 1.99. The summed E-state index contributed by atoms with van der Waals surface area (Å²) in [5.41, 5.74) is 9.80. The fourth-order valence-corrected chi connectivity index (χ4v) is 2.97. The highest BCUT2D eigenvalue weighted by Gasteiger charge is 2.09. The molecule has 2 aromatic carbocycles. The maximum atomic E-state index is 10.2. The van der Waals surface area contributed by atoms with Crippen LogP contribution < -0.4 is 5.73 Å². The SMILES string of the molecule is Cc1ccc(SCC(O)c2cccc(N)c2)c(C)c1. The molecule has 0 saturated carbocycles. The van der Waals surface area contributed by atoms with Gasteiger partial charge in [-0.1, -0.05) is 29.8 Å². The number of thioether (sulfide) groups is 1. The molecule has 0 fully saturated rings. The minimum atomic E-state index is -0.491. The van der Waals surface area contributed by atoms with Crippen LogP contribution in [0.4, 0.5) is 5.69 Å². The Kier molecular flexibility index (Phi) is 4.51. The first-order chi connectivity index (χ1) is 9.06. The summed E-state index contributed by atoms with van der Waals surface area (Å²) in [4.78, 5) is 1.22. The zero-order chi connectivity index (χ0) is 13.8. The van der Waals surface area contributed by atoms with E-state index in [1.54, 1.807) is 11.8 Å². The fraction of sp³-hybridized carbons (Fsp3) is 0.250. The van der Waals surface area contributed by atoms with E-state index in [1.807, 2.05) is 24.3 Å². The lowest BCUT2D eigenvalue weighted by Crippen LogP contribution is -2.01. The average Bonchev–Trinajstić information content (AvgIpc) is 2.37. The van der Waals surface area contributed by atoms with Crippen molar-refractivity contribution in [2.45, 2.75) is 24.8 Å². The Bertz CT molecular complexity index is 568. The standard InChI is InChI=1S/C16H19NOS/c1-11-6-7-16(12(2)8-11)19-10-15(18)13-4-3-5-14(17)9-13/h3-9,15,18H,10,17H2,1-2H3. The molecule has 0 aliphatic rings. The molecule has 0 aromatic heterocycles. The van der Waals surface area contributed by atoms with Gasteiger partial charge < -0.3 is 10.8 Å². The maximum Gasteiger partial charge on any atom is 0.0884 e. The smallest absolute Gasteiger partial charge is 0.0884 e. The Hall–Kier alpha value is -1.45. The summed E-state index contributed by atoms with van der Waals surface area (Å²) < 4.78 is 0. The van der Waals surface area contributed by atoms with E-state index < -0.39 is 6.10 Å². The number of nitrogen functional groups attached to an aromatic ring is 1. The molecule has 0 heterocycles. The molecule has 2 rings (SSSR count). The molecule has 19 heavy (non-hydrogen) atoms. The van der Waals surface area contributed by atoms with Crippen molar-refractivity contribution >= 4 is 17.4 Å². The highest BCUT2D eigenvalue weighted by atomic mass is 32.2. The largest absolute Gasteiger partial charge is 0.399 e. The Morgan fingerprint density at radius 2 is 1.95 bits per heavy atom. The van der Waals surface area contributed by atoms with Crippen molar-refractivity contribution in [1.82, 2.24) is 0 Å². The highest BCUT2D eigenvalue weighted by molar-refractivity contribution is 7.99. The normalized spacial score (nSPS) is 12.4. The summed E-state index contributed by atoms with van der Waals surface area (Å²) >= 11 is 1.67. The Labute approximate surface area is 118 Å². The number of aryl methyl sites for hydroxylation is 2. The first-order valence-electron chi connectivity index (χ1n) is 6.30. The summed E-state index contributed by atoms with van der Waals surface area (Å²) in [7, 11) is 0. The van der Waals surface area contributed by atoms with Crippen LogP contribution in [0.5, 0.6) is 0 Å². The molecule has 3 heteroatoms. The monoisotopic (exact) mass is 273 g/mol. The minimum absolute atomic E-state index is 0.491. The van der Waals surface area contributed by atoms with E-state index in [0.29, 0.717) is 11.4 Å². The molecule has 2 nitrogen and oxygen atoms in total. The zero-order valence-electron chi connectivity index (χ0n) is 11.3. The van der Waals surface area contributed by atoms with E-state index >= 15 is 0 Å². The maximum absolute atomic E-state index is 10.2. The molecule has 2 aromatic rings. The van der Waals surface area contributed by atoms with Crippen LogP contribution in [0.1, 0.15) is 22.8 Å². The van der Waals surface area contributed by atoms with Gasteiger partial charge in [0.2, 0.25) is 0 Å². The van der Waals surface area contributed by atoms with Gasteiger partial charge in [0.15, 0.2) is 0 Å². The van der Waals surface area contributed by atoms with Crippen LogP contribution in [0.25, 0.3) is 0 Å². The number of hydrogen-bond donors (Lipinski definition) is 2. The summed E-state index contributed by atoms with van der Waals surface area (Å²) in [5, 5.41) is 10.2. The van der Waals surface area contributed by atoms with Gasteiger partial charge in [0.25, 0.3) is 0 Å². The van der Waals surface area contributed by atoms with E-state index in [2.05, 4.69) is 32.0 Å². The van der Waals surface area contributed by atoms with Crippen molar-refractivity contribution in [1.29, 1.82) is 0 Å². The number of anilines is 1. The second kappa shape index (κ2) is 6.13. The number of aliphatic hydroxyl groups excluding tert-OH is 1. The van der Waals surface area contributed by atoms with Gasteiger partial charge in [-0.2, -0.15) is 0 Å². The summed E-state index contributed by atoms with van der Waals surface area (Å²) in [5.74, 6) is 0.632. The minimum Gasteiger partial charge on any atom is -0.399 e. The van der Waals surface area contributed by atoms with Crippen molar-refractivity contribution in [3.05, 3.63) is 59.2 Å². The molecule has 100 valence electrons. The molecule has 0 saturated heterocycles. The number of nitrogens with two attached hydrogens (primary N) is 1. The van der Waals surface area contributed by atoms with Crippen LogP contribution >= 0.6 is 11.8 Å². The second-order valence-electron chi connectivity index (χ2n) is 4.77. The van der Waals surface area contributed by atoms with Gasteiger partial charge in [-0.3, -0.25) is 0 Å². The third-order valence-electron chi connectivity index (χ3n) is 3.02. The number of rotatable bonds is 4. The first-order valence-corrected chi connectivity index (χ1v) is 7.28. The Balaban J connectivity index is 2.02. The van der Waals surface area contributed by atoms with E-state index in [4.69, 9.17) is 5.73 Å². The molecule has 0 aliphatic heterocycles. The van der Waals surface area contributed by atoms with E-state index in [-0.39, 0.29) is 0 Å². The summed E-state index contributed by atoms with van der Waals surface area (Å²) in [6.45, 7) is 4.19. The van der Waals surface area contributed by atoms with Gasteiger partial charge >= 0.3 is 0 Å². The zero-order valence-corrected chi connectivity index (χ0v) is 12.1. The van der Waals surface area contributed by atoms with Crippen molar-refractivity contribution in [2.24, 2.45) is 0 Å². The van der Waals surface area contributed by atoms with Crippen LogP contribution in [0.2, 0.25) is 0 Å². The van der Waals surface area contributed by atoms with Crippen LogP contribution in [0.15, 0.2) is 47.4 Å². The van der Waals surface area contributed by atoms with Crippen LogP contribution in [-0.4, -0.2) is 10.9 Å². The van der Waals surface area contributed by atoms with Gasteiger partial charge in [-0.25, -0.2) is 0 Å². The van der Waals surface area contributed by atoms with Crippen LogP contribution in [0, 0.1) is 13.8 Å². The van der Waals surface area contributed by atoms with Crippen molar-refractivity contribution in [2.75, 3.05) is 11.5 Å². The van der Waals surface area contributed by atoms with E-state index in [1.165, 1.54) is 16.0 Å². The molecule has 0 amide bonds. The number of benzene rings is 2. The second-order valence-corrected chi connectivity index (χ2v) is 5.83. The van der Waals surface area contributed by atoms with E-state index in [0.717, 1.165) is 5.56 Å². The van der Waals surface area contributed by atoms with Gasteiger partial charge in [0.05, 0.1) is 6.10 Å². The van der Waals surface area contributed by atoms with E-state index in [9.17, 15) is 5.11 Å². The van der Waals surface area contributed by atoms with Gasteiger partial charge in [0, 0.05) is 16.3 Å². The highest BCUT2D eigenvalue weighted by Crippen LogP contribution is 2.28. The third kappa shape index (κ3) is 3.75. The van der Waals surface area contributed by atoms with Gasteiger partial charge in [0.1, 0.15) is 0 Å². The predicted octanol–water partition coefficient (Wildman–Crippen LogP) is 3.71. The molecule has 0 aliphatic carbocycles. The van der Waals surface area contributed by atoms with Crippen LogP contribution in [-0.2, 0) is 0 Å². The number of aliphatic hydroxyl groups is 1. The Morgan fingerprint density at radius 1 is 1.16 bits per heavy atom. The topological polar surface area (TPSA) is 46.2 Å². The molecule has 1 atom stereocenters. The van der Waals surface area contributed by atoms with Gasteiger partial charge in [-0.05, 0) is 43.2 Å². The molecule has 3 N–H and O–H groups in total. The molecular formula is C16H19NOS. The Morgan fingerprint density at radius 3 is 2.63 bits per heavy atom. The molecule has 0 bridgehead atoms. The first kappa shape index (κ1) is 14.0. The lowest BCUT2D eigenvalue weighted by Gasteiger charge is -2.12. The molecule has 1 unspecified atom stereocenters. The quantitative estimate of drug-likeness (QED) is 0.659.